The maximum absolute atomic E-state index is 12.7. The molecule has 1 aromatic carbocycles. The normalized spacial score (nSPS) is 10.9. The number of aromatic nitrogens is 1. The smallest absolute Gasteiger partial charge is 0.257 e. The van der Waals surface area contributed by atoms with Gasteiger partial charge in [-0.2, -0.15) is 13.2 Å². The molecule has 1 heterocycles. The number of rotatable bonds is 3. The Morgan fingerprint density at radius 1 is 1.00 bits per heavy atom. The van der Waals surface area contributed by atoms with E-state index >= 15 is 0 Å². The van der Waals surface area contributed by atoms with Crippen LogP contribution in [0.5, 0.6) is 0 Å². The van der Waals surface area contributed by atoms with E-state index in [-0.39, 0.29) is 5.69 Å². The second-order valence-corrected chi connectivity index (χ2v) is 4.78. The fraction of sp³-hybridized carbons (Fsp3) is 0.389. The first-order valence-electron chi connectivity index (χ1n) is 7.51. The summed E-state index contributed by atoms with van der Waals surface area (Å²) in [5.41, 5.74) is 2.30. The molecule has 0 bridgehead atoms. The molecular formula is C18H22F3N. The second kappa shape index (κ2) is 7.97. The first-order chi connectivity index (χ1) is 10.4. The number of nitrogens with zero attached hydrogens (tertiary/aromatic N) is 1. The van der Waals surface area contributed by atoms with Crippen LogP contribution in [0.4, 0.5) is 13.2 Å². The minimum atomic E-state index is -4.34. The molecule has 0 radical (unpaired) electrons. The van der Waals surface area contributed by atoms with Gasteiger partial charge in [-0.3, -0.25) is 4.98 Å². The summed E-state index contributed by atoms with van der Waals surface area (Å²) in [6.07, 6.45) is -2.85. The van der Waals surface area contributed by atoms with Crippen LogP contribution in [0.15, 0.2) is 36.4 Å². The highest BCUT2D eigenvalue weighted by molar-refractivity contribution is 5.30. The fourth-order valence-corrected chi connectivity index (χ4v) is 2.18. The van der Waals surface area contributed by atoms with Gasteiger partial charge in [-0.05, 0) is 36.6 Å². The topological polar surface area (TPSA) is 12.9 Å². The zero-order valence-electron chi connectivity index (χ0n) is 13.5. The van der Waals surface area contributed by atoms with E-state index in [1.807, 2.05) is 32.0 Å². The Balaban J connectivity index is 0.00000116. The Morgan fingerprint density at radius 2 is 1.64 bits per heavy atom. The molecule has 0 atom stereocenters. The molecule has 0 saturated carbocycles. The van der Waals surface area contributed by atoms with Crippen LogP contribution >= 0.6 is 0 Å². The molecule has 0 N–H and O–H groups in total. The molecule has 2 aromatic rings. The largest absolute Gasteiger partial charge is 0.418 e. The van der Waals surface area contributed by atoms with Crippen LogP contribution < -0.4 is 0 Å². The zero-order chi connectivity index (χ0) is 16.8. The number of halogens is 3. The molecule has 0 aliphatic carbocycles. The highest BCUT2D eigenvalue weighted by Crippen LogP contribution is 2.31. The summed E-state index contributed by atoms with van der Waals surface area (Å²) in [7, 11) is 0. The van der Waals surface area contributed by atoms with Gasteiger partial charge in [0.2, 0.25) is 0 Å². The van der Waals surface area contributed by atoms with E-state index in [4.69, 9.17) is 0 Å². The third-order valence-corrected chi connectivity index (χ3v) is 3.23. The van der Waals surface area contributed by atoms with E-state index in [1.54, 1.807) is 0 Å². The summed E-state index contributed by atoms with van der Waals surface area (Å²) in [5, 5.41) is 0. The molecule has 0 unspecified atom stereocenters. The molecule has 120 valence electrons. The van der Waals surface area contributed by atoms with E-state index < -0.39 is 11.7 Å². The number of aryl methyl sites for hydroxylation is 2. The summed E-state index contributed by atoms with van der Waals surface area (Å²) in [6, 6.07) is 10.6. The van der Waals surface area contributed by atoms with Crippen molar-refractivity contribution in [3.05, 3.63) is 64.5 Å². The van der Waals surface area contributed by atoms with Gasteiger partial charge < -0.3 is 0 Å². The Labute approximate surface area is 130 Å². The van der Waals surface area contributed by atoms with E-state index in [2.05, 4.69) is 18.0 Å². The SMILES string of the molecule is CC.CCc1cccc(Cc2ccc(C(F)(F)F)c(C)n2)c1. The van der Waals surface area contributed by atoms with Gasteiger partial charge in [0.05, 0.1) is 5.56 Å². The molecule has 2 rings (SSSR count). The average Bonchev–Trinajstić information content (AvgIpc) is 2.48. The highest BCUT2D eigenvalue weighted by atomic mass is 19.4. The van der Waals surface area contributed by atoms with Crippen LogP contribution in [0.25, 0.3) is 0 Å². The fourth-order valence-electron chi connectivity index (χ4n) is 2.18. The van der Waals surface area contributed by atoms with Crippen LogP contribution in [0, 0.1) is 6.92 Å². The molecule has 0 spiro atoms. The van der Waals surface area contributed by atoms with Gasteiger partial charge >= 0.3 is 6.18 Å². The van der Waals surface area contributed by atoms with Gasteiger partial charge in [-0.25, -0.2) is 0 Å². The van der Waals surface area contributed by atoms with Crippen LogP contribution in [0.1, 0.15) is 48.8 Å². The number of benzene rings is 1. The summed E-state index contributed by atoms with van der Waals surface area (Å²) >= 11 is 0. The van der Waals surface area contributed by atoms with E-state index in [0.717, 1.165) is 18.1 Å². The number of hydrogen-bond acceptors (Lipinski definition) is 1. The van der Waals surface area contributed by atoms with Gasteiger partial charge in [0.15, 0.2) is 0 Å². The monoisotopic (exact) mass is 309 g/mol. The number of pyridine rings is 1. The minimum absolute atomic E-state index is 0.0293. The maximum atomic E-state index is 12.7. The van der Waals surface area contributed by atoms with Crippen molar-refractivity contribution >= 4 is 0 Å². The van der Waals surface area contributed by atoms with Crippen molar-refractivity contribution in [1.29, 1.82) is 0 Å². The molecule has 0 amide bonds. The Hall–Kier alpha value is -1.84. The lowest BCUT2D eigenvalue weighted by molar-refractivity contribution is -0.138. The summed E-state index contributed by atoms with van der Waals surface area (Å²) < 4.78 is 38.0. The molecule has 1 nitrogen and oxygen atoms in total. The minimum Gasteiger partial charge on any atom is -0.257 e. The van der Waals surface area contributed by atoms with Crippen molar-refractivity contribution in [1.82, 2.24) is 4.98 Å². The number of hydrogen-bond donors (Lipinski definition) is 0. The summed E-state index contributed by atoms with van der Waals surface area (Å²) in [5.74, 6) is 0. The van der Waals surface area contributed by atoms with Crippen molar-refractivity contribution < 1.29 is 13.2 Å². The van der Waals surface area contributed by atoms with Crippen LogP contribution in [0.3, 0.4) is 0 Å². The Kier molecular flexibility index (Phi) is 6.60. The van der Waals surface area contributed by atoms with Crippen LogP contribution in [-0.4, -0.2) is 4.98 Å². The van der Waals surface area contributed by atoms with Gasteiger partial charge in [0.25, 0.3) is 0 Å². The standard InChI is InChI=1S/C16H16F3N.C2H6/c1-3-12-5-4-6-13(9-12)10-14-7-8-15(11(2)20-14)16(17,18)19;1-2/h4-9H,3,10H2,1-2H3;1-2H3. The van der Waals surface area contributed by atoms with Gasteiger partial charge in [0, 0.05) is 17.8 Å². The zero-order valence-corrected chi connectivity index (χ0v) is 13.5. The molecule has 0 fully saturated rings. The van der Waals surface area contributed by atoms with Gasteiger partial charge in [0.1, 0.15) is 0 Å². The molecule has 0 saturated heterocycles. The van der Waals surface area contributed by atoms with Crippen molar-refractivity contribution in [2.75, 3.05) is 0 Å². The lowest BCUT2D eigenvalue weighted by atomic mass is 10.0. The van der Waals surface area contributed by atoms with Crippen molar-refractivity contribution in [3.63, 3.8) is 0 Å². The Morgan fingerprint density at radius 3 is 2.18 bits per heavy atom. The van der Waals surface area contributed by atoms with Crippen molar-refractivity contribution in [3.8, 4) is 0 Å². The van der Waals surface area contributed by atoms with E-state index in [0.29, 0.717) is 12.1 Å². The molecule has 4 heteroatoms. The highest BCUT2D eigenvalue weighted by Gasteiger charge is 2.32. The molecule has 1 aromatic heterocycles. The molecule has 0 aliphatic rings. The van der Waals surface area contributed by atoms with Crippen molar-refractivity contribution in [2.24, 2.45) is 0 Å². The second-order valence-electron chi connectivity index (χ2n) is 4.78. The lowest BCUT2D eigenvalue weighted by Crippen LogP contribution is -2.09. The van der Waals surface area contributed by atoms with Gasteiger partial charge in [-0.1, -0.05) is 45.0 Å². The van der Waals surface area contributed by atoms with Gasteiger partial charge in [-0.15, -0.1) is 0 Å². The average molecular weight is 309 g/mol. The molecule has 0 aliphatic heterocycles. The predicted octanol–water partition coefficient (Wildman–Crippen LogP) is 5.59. The number of alkyl halides is 3. The van der Waals surface area contributed by atoms with Crippen LogP contribution in [-0.2, 0) is 19.0 Å². The maximum Gasteiger partial charge on any atom is 0.418 e. The predicted molar refractivity (Wildman–Crippen MR) is 84.0 cm³/mol. The first kappa shape index (κ1) is 18.2. The Bertz CT molecular complexity index is 604. The lowest BCUT2D eigenvalue weighted by Gasteiger charge is -2.11. The first-order valence-corrected chi connectivity index (χ1v) is 7.51. The summed E-state index contributed by atoms with van der Waals surface area (Å²) in [6.45, 7) is 7.47. The summed E-state index contributed by atoms with van der Waals surface area (Å²) in [4.78, 5) is 4.07. The molecule has 22 heavy (non-hydrogen) atoms. The quantitative estimate of drug-likeness (QED) is 0.720. The van der Waals surface area contributed by atoms with E-state index in [1.165, 1.54) is 18.6 Å². The molecular weight excluding hydrogens is 287 g/mol. The van der Waals surface area contributed by atoms with E-state index in [9.17, 15) is 13.2 Å². The van der Waals surface area contributed by atoms with Crippen molar-refractivity contribution in [2.45, 2.75) is 46.7 Å². The van der Waals surface area contributed by atoms with Crippen LogP contribution in [0.2, 0.25) is 0 Å². The third kappa shape index (κ3) is 4.86. The third-order valence-electron chi connectivity index (χ3n) is 3.23.